The smallest absolute Gasteiger partial charge is 0.325 e. The molecule has 1 fully saturated rings. The molecule has 1 aliphatic heterocycles. The van der Waals surface area contributed by atoms with E-state index < -0.39 is 23.4 Å². The van der Waals surface area contributed by atoms with Crippen LogP contribution in [0.1, 0.15) is 12.5 Å². The number of carbonyl (C=O) groups excluding carboxylic acids is 3. The van der Waals surface area contributed by atoms with Crippen molar-refractivity contribution >= 4 is 23.5 Å². The molecule has 1 saturated heterocycles. The Hall–Kier alpha value is -3.35. The fourth-order valence-corrected chi connectivity index (χ4v) is 2.89. The molecule has 2 aromatic carbocycles. The summed E-state index contributed by atoms with van der Waals surface area (Å²) in [6.45, 7) is 1.24. The van der Waals surface area contributed by atoms with Crippen molar-refractivity contribution in [3.63, 3.8) is 0 Å². The average molecular weight is 353 g/mol. The van der Waals surface area contributed by atoms with Gasteiger partial charge in [0.2, 0.25) is 5.91 Å². The summed E-state index contributed by atoms with van der Waals surface area (Å²) in [6.07, 6.45) is 0. The zero-order valence-electron chi connectivity index (χ0n) is 14.5. The van der Waals surface area contributed by atoms with E-state index in [1.54, 1.807) is 55.5 Å². The van der Waals surface area contributed by atoms with Gasteiger partial charge in [-0.25, -0.2) is 4.79 Å². The number of anilines is 1. The van der Waals surface area contributed by atoms with E-state index in [1.165, 1.54) is 7.11 Å². The lowest BCUT2D eigenvalue weighted by Gasteiger charge is -2.22. The number of nitrogens with one attached hydrogen (secondary N) is 2. The van der Waals surface area contributed by atoms with Crippen LogP contribution in [0.25, 0.3) is 0 Å². The number of nitrogens with zero attached hydrogens (tertiary/aromatic N) is 1. The highest BCUT2D eigenvalue weighted by molar-refractivity contribution is 6.10. The van der Waals surface area contributed by atoms with E-state index in [1.807, 2.05) is 6.07 Å². The third-order valence-corrected chi connectivity index (χ3v) is 4.31. The molecule has 0 saturated carbocycles. The first-order valence-corrected chi connectivity index (χ1v) is 8.08. The Morgan fingerprint density at radius 2 is 1.77 bits per heavy atom. The van der Waals surface area contributed by atoms with E-state index in [2.05, 4.69) is 10.6 Å². The number of hydrogen-bond acceptors (Lipinski definition) is 4. The summed E-state index contributed by atoms with van der Waals surface area (Å²) >= 11 is 0. The van der Waals surface area contributed by atoms with Crippen molar-refractivity contribution < 1.29 is 19.1 Å². The molecule has 7 nitrogen and oxygen atoms in total. The first-order chi connectivity index (χ1) is 12.5. The number of amides is 4. The summed E-state index contributed by atoms with van der Waals surface area (Å²) in [5.41, 5.74) is -0.0628. The maximum absolute atomic E-state index is 12.8. The average Bonchev–Trinajstić information content (AvgIpc) is 2.87. The predicted molar refractivity (Wildman–Crippen MR) is 95.7 cm³/mol. The predicted octanol–water partition coefficient (Wildman–Crippen LogP) is 2.10. The summed E-state index contributed by atoms with van der Waals surface area (Å²) in [4.78, 5) is 38.3. The quantitative estimate of drug-likeness (QED) is 0.806. The van der Waals surface area contributed by atoms with Gasteiger partial charge in [-0.3, -0.25) is 14.5 Å². The molecule has 26 heavy (non-hydrogen) atoms. The molecule has 7 heteroatoms. The van der Waals surface area contributed by atoms with E-state index in [4.69, 9.17) is 4.74 Å². The number of para-hydroxylation sites is 2. The number of rotatable bonds is 5. The molecule has 4 amide bonds. The molecule has 1 aliphatic rings. The first kappa shape index (κ1) is 17.5. The summed E-state index contributed by atoms with van der Waals surface area (Å²) < 4.78 is 5.17. The summed E-state index contributed by atoms with van der Waals surface area (Å²) in [5.74, 6) is -0.466. The first-order valence-electron chi connectivity index (χ1n) is 8.08. The normalized spacial score (nSPS) is 19.2. The number of ether oxygens (including phenoxy) is 1. The van der Waals surface area contributed by atoms with E-state index in [0.29, 0.717) is 17.0 Å². The lowest BCUT2D eigenvalue weighted by molar-refractivity contribution is -0.133. The number of benzene rings is 2. The Bertz CT molecular complexity index is 853. The number of carbonyl (C=O) groups is 3. The van der Waals surface area contributed by atoms with E-state index >= 15 is 0 Å². The number of hydrogen-bond donors (Lipinski definition) is 2. The molecule has 134 valence electrons. The number of methoxy groups -OCH3 is 1. The molecule has 1 atom stereocenters. The lowest BCUT2D eigenvalue weighted by atomic mass is 9.92. The highest BCUT2D eigenvalue weighted by Crippen LogP contribution is 2.29. The third-order valence-electron chi connectivity index (χ3n) is 4.31. The van der Waals surface area contributed by atoms with Gasteiger partial charge in [0.15, 0.2) is 0 Å². The fourth-order valence-electron chi connectivity index (χ4n) is 2.89. The second-order valence-electron chi connectivity index (χ2n) is 6.06. The van der Waals surface area contributed by atoms with Crippen LogP contribution in [-0.4, -0.2) is 36.4 Å². The molecule has 0 spiro atoms. The van der Waals surface area contributed by atoms with Gasteiger partial charge in [-0.2, -0.15) is 0 Å². The van der Waals surface area contributed by atoms with Gasteiger partial charge in [0.1, 0.15) is 17.8 Å². The monoisotopic (exact) mass is 353 g/mol. The highest BCUT2D eigenvalue weighted by atomic mass is 16.5. The van der Waals surface area contributed by atoms with Crippen molar-refractivity contribution in [1.82, 2.24) is 10.2 Å². The van der Waals surface area contributed by atoms with Gasteiger partial charge in [-0.05, 0) is 24.6 Å². The summed E-state index contributed by atoms with van der Waals surface area (Å²) in [6, 6.07) is 15.2. The third kappa shape index (κ3) is 3.11. The van der Waals surface area contributed by atoms with Crippen molar-refractivity contribution in [2.24, 2.45) is 0 Å². The van der Waals surface area contributed by atoms with Crippen molar-refractivity contribution in [2.75, 3.05) is 19.0 Å². The molecule has 2 aromatic rings. The SMILES string of the molecule is COc1ccccc1NC(=O)CN1C(=O)N[C@@](C)(c2ccccc2)C1=O. The number of imide groups is 1. The molecular formula is C19H19N3O4. The molecule has 0 unspecified atom stereocenters. The van der Waals surface area contributed by atoms with Crippen LogP contribution in [0.15, 0.2) is 54.6 Å². The Kier molecular flexibility index (Phi) is 4.62. The van der Waals surface area contributed by atoms with E-state index in [-0.39, 0.29) is 6.54 Å². The second-order valence-corrected chi connectivity index (χ2v) is 6.06. The Morgan fingerprint density at radius 1 is 1.12 bits per heavy atom. The van der Waals surface area contributed by atoms with Crippen molar-refractivity contribution in [2.45, 2.75) is 12.5 Å². The van der Waals surface area contributed by atoms with Crippen LogP contribution in [0.2, 0.25) is 0 Å². The van der Waals surface area contributed by atoms with Crippen molar-refractivity contribution in [1.29, 1.82) is 0 Å². The minimum atomic E-state index is -1.19. The zero-order valence-corrected chi connectivity index (χ0v) is 14.5. The molecule has 1 heterocycles. The molecule has 0 aliphatic carbocycles. The molecular weight excluding hydrogens is 334 g/mol. The zero-order chi connectivity index (χ0) is 18.7. The van der Waals surface area contributed by atoms with Crippen LogP contribution >= 0.6 is 0 Å². The molecule has 0 aromatic heterocycles. The molecule has 0 bridgehead atoms. The van der Waals surface area contributed by atoms with Crippen molar-refractivity contribution in [3.05, 3.63) is 60.2 Å². The van der Waals surface area contributed by atoms with Crippen molar-refractivity contribution in [3.8, 4) is 5.75 Å². The lowest BCUT2D eigenvalue weighted by Crippen LogP contribution is -2.42. The standard InChI is InChI=1S/C19H19N3O4/c1-19(13-8-4-3-5-9-13)17(24)22(18(25)21-19)12-16(23)20-14-10-6-7-11-15(14)26-2/h3-11H,12H2,1-2H3,(H,20,23)(H,21,25)/t19-/m0/s1. The highest BCUT2D eigenvalue weighted by Gasteiger charge is 2.49. The summed E-state index contributed by atoms with van der Waals surface area (Å²) in [7, 11) is 1.49. The maximum Gasteiger partial charge on any atom is 0.325 e. The van der Waals surface area contributed by atoms with E-state index in [9.17, 15) is 14.4 Å². The topological polar surface area (TPSA) is 87.7 Å². The minimum absolute atomic E-state index is 0.384. The van der Waals surface area contributed by atoms with Crippen LogP contribution in [0, 0.1) is 0 Å². The second kappa shape index (κ2) is 6.87. The van der Waals surface area contributed by atoms with Gasteiger partial charge in [-0.15, -0.1) is 0 Å². The van der Waals surface area contributed by atoms with Crippen LogP contribution in [0.4, 0.5) is 10.5 Å². The van der Waals surface area contributed by atoms with E-state index in [0.717, 1.165) is 4.90 Å². The Morgan fingerprint density at radius 3 is 2.46 bits per heavy atom. The maximum atomic E-state index is 12.8. The van der Waals surface area contributed by atoms with Crippen LogP contribution in [-0.2, 0) is 15.1 Å². The van der Waals surface area contributed by atoms with Gasteiger partial charge < -0.3 is 15.4 Å². The van der Waals surface area contributed by atoms with Crippen LogP contribution < -0.4 is 15.4 Å². The molecule has 3 rings (SSSR count). The van der Waals surface area contributed by atoms with Gasteiger partial charge in [0, 0.05) is 0 Å². The van der Waals surface area contributed by atoms with Crippen LogP contribution in [0.5, 0.6) is 5.75 Å². The largest absolute Gasteiger partial charge is 0.495 e. The minimum Gasteiger partial charge on any atom is -0.495 e. The Balaban J connectivity index is 1.75. The molecule has 0 radical (unpaired) electrons. The van der Waals surface area contributed by atoms with Crippen LogP contribution in [0.3, 0.4) is 0 Å². The van der Waals surface area contributed by atoms with Gasteiger partial charge in [0.25, 0.3) is 5.91 Å². The van der Waals surface area contributed by atoms with Gasteiger partial charge in [0.05, 0.1) is 12.8 Å². The summed E-state index contributed by atoms with van der Waals surface area (Å²) in [5, 5.41) is 5.33. The van der Waals surface area contributed by atoms with Gasteiger partial charge in [-0.1, -0.05) is 42.5 Å². The van der Waals surface area contributed by atoms with Gasteiger partial charge >= 0.3 is 6.03 Å². The molecule has 2 N–H and O–H groups in total. The Labute approximate surface area is 150 Å². The fraction of sp³-hybridized carbons (Fsp3) is 0.211. The number of urea groups is 1.